The summed E-state index contributed by atoms with van der Waals surface area (Å²) in [6.45, 7) is 1.96. The van der Waals surface area contributed by atoms with Crippen LogP contribution in [0.5, 0.6) is 5.75 Å². The smallest absolute Gasteiger partial charge is 0.280 e. The molecule has 29 heavy (non-hydrogen) atoms. The van der Waals surface area contributed by atoms with Crippen molar-refractivity contribution in [2.45, 2.75) is 45.1 Å². The van der Waals surface area contributed by atoms with E-state index in [1.807, 2.05) is 61.5 Å². The highest BCUT2D eigenvalue weighted by atomic mass is 16.5. The summed E-state index contributed by atoms with van der Waals surface area (Å²) in [5.74, 6) is 0.785. The molecule has 1 heterocycles. The average Bonchev–Trinajstić information content (AvgIpc) is 3.12. The summed E-state index contributed by atoms with van der Waals surface area (Å²) in [7, 11) is 1.65. The Kier molecular flexibility index (Phi) is 5.65. The number of H-pyrrole nitrogens is 1. The second-order valence-corrected chi connectivity index (χ2v) is 7.57. The molecular weight excluding hydrogens is 362 g/mol. The third kappa shape index (κ3) is 4.04. The fourth-order valence-corrected chi connectivity index (χ4v) is 4.05. The first-order valence-electron chi connectivity index (χ1n) is 10.3. The molecule has 0 atom stereocenters. The Morgan fingerprint density at radius 1 is 1.03 bits per heavy atom. The van der Waals surface area contributed by atoms with E-state index >= 15 is 0 Å². The second-order valence-electron chi connectivity index (χ2n) is 7.57. The van der Waals surface area contributed by atoms with Crippen LogP contribution in [0.2, 0.25) is 0 Å². The fourth-order valence-electron chi connectivity index (χ4n) is 4.05. The van der Waals surface area contributed by atoms with E-state index in [0.717, 1.165) is 41.2 Å². The molecule has 1 N–H and O–H groups in total. The maximum Gasteiger partial charge on any atom is 0.280 e. The van der Waals surface area contributed by atoms with E-state index in [1.54, 1.807) is 11.8 Å². The van der Waals surface area contributed by atoms with E-state index in [4.69, 9.17) is 9.73 Å². The molecular formula is C24H27N3O2. The number of methoxy groups -OCH3 is 1. The second kappa shape index (κ2) is 8.52. The van der Waals surface area contributed by atoms with Crippen molar-refractivity contribution < 1.29 is 4.74 Å². The van der Waals surface area contributed by atoms with E-state index in [2.05, 4.69) is 5.10 Å². The van der Waals surface area contributed by atoms with Crippen molar-refractivity contribution in [1.82, 2.24) is 9.78 Å². The maximum absolute atomic E-state index is 13.4. The van der Waals surface area contributed by atoms with Crippen LogP contribution in [0.25, 0.3) is 16.9 Å². The predicted molar refractivity (Wildman–Crippen MR) is 117 cm³/mol. The molecule has 0 saturated heterocycles. The van der Waals surface area contributed by atoms with Gasteiger partial charge < -0.3 is 4.74 Å². The molecule has 1 fully saturated rings. The number of hydrogen-bond acceptors (Lipinski definition) is 3. The Morgan fingerprint density at radius 3 is 2.38 bits per heavy atom. The molecule has 0 aliphatic heterocycles. The molecule has 0 unspecified atom stereocenters. The molecule has 1 saturated carbocycles. The first kappa shape index (κ1) is 19.2. The van der Waals surface area contributed by atoms with Gasteiger partial charge in [0.1, 0.15) is 5.75 Å². The zero-order valence-electron chi connectivity index (χ0n) is 17.0. The van der Waals surface area contributed by atoms with Gasteiger partial charge in [0.2, 0.25) is 0 Å². The Balaban J connectivity index is 1.83. The zero-order chi connectivity index (χ0) is 20.2. The van der Waals surface area contributed by atoms with Gasteiger partial charge in [-0.15, -0.1) is 0 Å². The molecule has 2 aromatic carbocycles. The minimum atomic E-state index is -0.0703. The number of benzene rings is 2. The maximum atomic E-state index is 13.4. The molecule has 150 valence electrons. The van der Waals surface area contributed by atoms with Gasteiger partial charge in [-0.2, -0.15) is 0 Å². The molecule has 5 nitrogen and oxygen atoms in total. The van der Waals surface area contributed by atoms with E-state index in [1.165, 1.54) is 19.3 Å². The van der Waals surface area contributed by atoms with Gasteiger partial charge in [0.15, 0.2) is 0 Å². The number of nitrogens with zero attached hydrogens (tertiary/aromatic N) is 2. The van der Waals surface area contributed by atoms with Crippen LogP contribution in [0, 0.1) is 0 Å². The molecule has 5 heteroatoms. The van der Waals surface area contributed by atoms with Crippen molar-refractivity contribution in [3.63, 3.8) is 0 Å². The summed E-state index contributed by atoms with van der Waals surface area (Å²) < 4.78 is 6.89. The number of nitrogens with one attached hydrogen (secondary N) is 1. The highest BCUT2D eigenvalue weighted by Crippen LogP contribution is 2.26. The Labute approximate surface area is 171 Å². The number of aromatic nitrogens is 2. The number of aliphatic imine (C=N–C) groups is 1. The highest BCUT2D eigenvalue weighted by Gasteiger charge is 2.21. The van der Waals surface area contributed by atoms with Crippen LogP contribution in [0.3, 0.4) is 0 Å². The van der Waals surface area contributed by atoms with Gasteiger partial charge in [0.05, 0.1) is 30.1 Å². The fraction of sp³-hybridized carbons (Fsp3) is 0.333. The first-order valence-corrected chi connectivity index (χ1v) is 10.3. The minimum absolute atomic E-state index is 0.0703. The van der Waals surface area contributed by atoms with Crippen molar-refractivity contribution in [2.24, 2.45) is 4.99 Å². The lowest BCUT2D eigenvalue weighted by molar-refractivity contribution is 0.415. The average molecular weight is 389 g/mol. The molecule has 3 aromatic rings. The largest absolute Gasteiger partial charge is 0.497 e. The van der Waals surface area contributed by atoms with Gasteiger partial charge >= 0.3 is 0 Å². The van der Waals surface area contributed by atoms with E-state index in [-0.39, 0.29) is 5.56 Å². The van der Waals surface area contributed by atoms with Crippen LogP contribution in [-0.2, 0) is 0 Å². The summed E-state index contributed by atoms with van der Waals surface area (Å²) in [4.78, 5) is 18.3. The predicted octanol–water partition coefficient (Wildman–Crippen LogP) is 4.98. The number of aromatic amines is 1. The van der Waals surface area contributed by atoms with Gasteiger partial charge in [0, 0.05) is 11.3 Å². The van der Waals surface area contributed by atoms with Gasteiger partial charge in [-0.3, -0.25) is 14.9 Å². The molecule has 1 aromatic heterocycles. The third-order valence-corrected chi connectivity index (χ3v) is 5.60. The minimum Gasteiger partial charge on any atom is -0.497 e. The molecule has 0 amide bonds. The lowest BCUT2D eigenvalue weighted by atomic mass is 9.95. The molecule has 1 aliphatic carbocycles. The van der Waals surface area contributed by atoms with Crippen LogP contribution in [0.1, 0.15) is 44.6 Å². The monoisotopic (exact) mass is 389 g/mol. The number of rotatable bonds is 5. The number of hydrogen-bond donors (Lipinski definition) is 1. The number of ether oxygens (including phenoxy) is 1. The summed E-state index contributed by atoms with van der Waals surface area (Å²) in [6.07, 6.45) is 5.93. The Morgan fingerprint density at radius 2 is 1.72 bits per heavy atom. The normalized spacial score (nSPS) is 15.4. The van der Waals surface area contributed by atoms with Crippen molar-refractivity contribution in [1.29, 1.82) is 0 Å². The van der Waals surface area contributed by atoms with Crippen molar-refractivity contribution in [2.75, 3.05) is 7.11 Å². The van der Waals surface area contributed by atoms with Crippen LogP contribution in [0.15, 0.2) is 64.4 Å². The van der Waals surface area contributed by atoms with Crippen molar-refractivity contribution in [3.8, 4) is 22.7 Å². The first-order chi connectivity index (χ1) is 14.2. The molecule has 0 radical (unpaired) electrons. The molecule has 0 bridgehead atoms. The summed E-state index contributed by atoms with van der Waals surface area (Å²) in [5.41, 5.74) is 3.91. The molecule has 1 aliphatic rings. The topological polar surface area (TPSA) is 59.4 Å². The molecule has 0 spiro atoms. The summed E-state index contributed by atoms with van der Waals surface area (Å²) in [6, 6.07) is 17.7. The van der Waals surface area contributed by atoms with Crippen molar-refractivity contribution >= 4 is 5.71 Å². The van der Waals surface area contributed by atoms with Crippen LogP contribution in [0.4, 0.5) is 0 Å². The van der Waals surface area contributed by atoms with Gasteiger partial charge in [-0.25, -0.2) is 4.68 Å². The zero-order valence-corrected chi connectivity index (χ0v) is 17.0. The Hall–Kier alpha value is -3.08. The van der Waals surface area contributed by atoms with E-state index in [9.17, 15) is 4.79 Å². The van der Waals surface area contributed by atoms with Crippen LogP contribution in [-0.4, -0.2) is 28.6 Å². The van der Waals surface area contributed by atoms with E-state index in [0.29, 0.717) is 11.6 Å². The van der Waals surface area contributed by atoms with E-state index < -0.39 is 0 Å². The highest BCUT2D eigenvalue weighted by molar-refractivity contribution is 6.03. The standard InChI is InChI=1S/C24H27N3O2/c1-17(25-19-9-5-3-6-10-19)22-23(18-13-15-21(29-2)16-14-18)26-27(24(22)28)20-11-7-4-8-12-20/h4,7-8,11-16,19,26H,3,5-6,9-10H2,1-2H3. The third-order valence-electron chi connectivity index (χ3n) is 5.60. The summed E-state index contributed by atoms with van der Waals surface area (Å²) in [5, 5.41) is 3.32. The molecule has 4 rings (SSSR count). The lowest BCUT2D eigenvalue weighted by Gasteiger charge is -2.18. The summed E-state index contributed by atoms with van der Waals surface area (Å²) >= 11 is 0. The quantitative estimate of drug-likeness (QED) is 0.626. The Bertz CT molecular complexity index is 1040. The van der Waals surface area contributed by atoms with Crippen LogP contribution < -0.4 is 10.3 Å². The van der Waals surface area contributed by atoms with Gasteiger partial charge in [-0.1, -0.05) is 37.5 Å². The van der Waals surface area contributed by atoms with Crippen molar-refractivity contribution in [3.05, 3.63) is 70.5 Å². The number of para-hydroxylation sites is 1. The lowest BCUT2D eigenvalue weighted by Crippen LogP contribution is -2.21. The van der Waals surface area contributed by atoms with Gasteiger partial charge in [0.25, 0.3) is 5.56 Å². The SMILES string of the molecule is COc1ccc(-c2[nH]n(-c3ccccc3)c(=O)c2C(C)=NC2CCCCC2)cc1. The van der Waals surface area contributed by atoms with Crippen LogP contribution >= 0.6 is 0 Å². The van der Waals surface area contributed by atoms with Gasteiger partial charge in [-0.05, 0) is 56.2 Å².